The Balaban J connectivity index is 2.78. The van der Waals surface area contributed by atoms with E-state index in [0.29, 0.717) is 11.3 Å². The molecule has 0 aromatic heterocycles. The highest BCUT2D eigenvalue weighted by molar-refractivity contribution is 5.96. The van der Waals surface area contributed by atoms with Crippen LogP contribution in [-0.4, -0.2) is 12.9 Å². The fourth-order valence-corrected chi connectivity index (χ4v) is 1.24. The van der Waals surface area contributed by atoms with Crippen LogP contribution in [0.5, 0.6) is 5.75 Å². The average Bonchev–Trinajstić information content (AvgIpc) is 2.28. The average molecular weight is 203 g/mol. The lowest BCUT2D eigenvalue weighted by molar-refractivity contribution is 0.0972. The summed E-state index contributed by atoms with van der Waals surface area (Å²) in [5.74, 6) is 0.386. The van der Waals surface area contributed by atoms with E-state index in [0.717, 1.165) is 0 Å². The van der Waals surface area contributed by atoms with Crippen molar-refractivity contribution < 1.29 is 9.53 Å². The van der Waals surface area contributed by atoms with E-state index in [-0.39, 0.29) is 18.1 Å². The molecule has 0 aliphatic heterocycles. The second kappa shape index (κ2) is 5.16. The fourth-order valence-electron chi connectivity index (χ4n) is 1.24. The molecule has 0 saturated heterocycles. The minimum Gasteiger partial charge on any atom is -0.497 e. The summed E-state index contributed by atoms with van der Waals surface area (Å²) in [6.45, 7) is 1.73. The highest BCUT2D eigenvalue weighted by Crippen LogP contribution is 2.15. The second-order valence-electron chi connectivity index (χ2n) is 3.39. The number of nitrogens with zero attached hydrogens (tertiary/aromatic N) is 1. The van der Waals surface area contributed by atoms with Crippen molar-refractivity contribution in [3.8, 4) is 11.8 Å². The van der Waals surface area contributed by atoms with Gasteiger partial charge < -0.3 is 4.74 Å². The Morgan fingerprint density at radius 1 is 1.60 bits per heavy atom. The molecule has 0 bridgehead atoms. The Morgan fingerprint density at radius 2 is 2.33 bits per heavy atom. The monoisotopic (exact) mass is 203 g/mol. The zero-order chi connectivity index (χ0) is 11.3. The minimum atomic E-state index is -0.247. The molecule has 0 amide bonds. The van der Waals surface area contributed by atoms with Crippen molar-refractivity contribution in [3.63, 3.8) is 0 Å². The molecule has 1 atom stereocenters. The van der Waals surface area contributed by atoms with Gasteiger partial charge in [0.1, 0.15) is 5.75 Å². The van der Waals surface area contributed by atoms with Crippen LogP contribution in [0.2, 0.25) is 0 Å². The third kappa shape index (κ3) is 3.10. The summed E-state index contributed by atoms with van der Waals surface area (Å²) in [5, 5.41) is 8.60. The van der Waals surface area contributed by atoms with Gasteiger partial charge in [0.2, 0.25) is 0 Å². The molecule has 78 valence electrons. The maximum absolute atomic E-state index is 11.7. The van der Waals surface area contributed by atoms with Crippen LogP contribution in [0.15, 0.2) is 24.3 Å². The van der Waals surface area contributed by atoms with Crippen LogP contribution in [0.3, 0.4) is 0 Å². The Labute approximate surface area is 89.3 Å². The van der Waals surface area contributed by atoms with Crippen molar-refractivity contribution >= 4 is 5.78 Å². The summed E-state index contributed by atoms with van der Waals surface area (Å²) >= 11 is 0. The molecular formula is C12H13NO2. The van der Waals surface area contributed by atoms with Crippen molar-refractivity contribution in [1.82, 2.24) is 0 Å². The van der Waals surface area contributed by atoms with E-state index in [1.54, 1.807) is 38.3 Å². The fraction of sp³-hybridized carbons (Fsp3) is 0.333. The first-order valence-corrected chi connectivity index (χ1v) is 4.74. The number of Topliss-reactive ketones (excluding diaryl/α,β-unsaturated/α-hetero) is 1. The second-order valence-corrected chi connectivity index (χ2v) is 3.39. The minimum absolute atomic E-state index is 0.0250. The zero-order valence-electron chi connectivity index (χ0n) is 8.86. The van der Waals surface area contributed by atoms with Gasteiger partial charge in [-0.3, -0.25) is 4.79 Å². The van der Waals surface area contributed by atoms with E-state index in [1.165, 1.54) is 0 Å². The van der Waals surface area contributed by atoms with Gasteiger partial charge in [-0.2, -0.15) is 5.26 Å². The van der Waals surface area contributed by atoms with E-state index in [9.17, 15) is 4.79 Å². The van der Waals surface area contributed by atoms with Crippen molar-refractivity contribution in [2.45, 2.75) is 13.3 Å². The highest BCUT2D eigenvalue weighted by atomic mass is 16.5. The Kier molecular flexibility index (Phi) is 3.87. The predicted octanol–water partition coefficient (Wildman–Crippen LogP) is 2.43. The van der Waals surface area contributed by atoms with Gasteiger partial charge in [-0.25, -0.2) is 0 Å². The molecule has 0 radical (unpaired) electrons. The first-order valence-electron chi connectivity index (χ1n) is 4.74. The van der Waals surface area contributed by atoms with Crippen LogP contribution < -0.4 is 4.74 Å². The number of methoxy groups -OCH3 is 1. The van der Waals surface area contributed by atoms with Gasteiger partial charge >= 0.3 is 0 Å². The predicted molar refractivity (Wildman–Crippen MR) is 56.7 cm³/mol. The van der Waals surface area contributed by atoms with Crippen LogP contribution >= 0.6 is 0 Å². The topological polar surface area (TPSA) is 50.1 Å². The van der Waals surface area contributed by atoms with Crippen LogP contribution in [0.4, 0.5) is 0 Å². The number of ketones is 1. The molecule has 0 fully saturated rings. The molecule has 1 unspecified atom stereocenters. The van der Waals surface area contributed by atoms with Gasteiger partial charge in [0.25, 0.3) is 0 Å². The lowest BCUT2D eigenvalue weighted by Crippen LogP contribution is -2.04. The van der Waals surface area contributed by atoms with Gasteiger partial charge in [-0.1, -0.05) is 12.1 Å². The van der Waals surface area contributed by atoms with E-state index in [1.807, 2.05) is 6.07 Å². The summed E-state index contributed by atoms with van der Waals surface area (Å²) in [6.07, 6.45) is 0.254. The largest absolute Gasteiger partial charge is 0.497 e. The Hall–Kier alpha value is -1.82. The van der Waals surface area contributed by atoms with Crippen LogP contribution in [0.1, 0.15) is 23.7 Å². The molecule has 1 aromatic carbocycles. The van der Waals surface area contributed by atoms with Gasteiger partial charge in [-0.05, 0) is 19.1 Å². The third-order valence-electron chi connectivity index (χ3n) is 2.10. The summed E-state index contributed by atoms with van der Waals surface area (Å²) in [4.78, 5) is 11.7. The van der Waals surface area contributed by atoms with Crippen LogP contribution in [0.25, 0.3) is 0 Å². The van der Waals surface area contributed by atoms with Crippen LogP contribution in [-0.2, 0) is 0 Å². The van der Waals surface area contributed by atoms with E-state index >= 15 is 0 Å². The van der Waals surface area contributed by atoms with E-state index in [4.69, 9.17) is 10.00 Å². The van der Waals surface area contributed by atoms with E-state index in [2.05, 4.69) is 0 Å². The lowest BCUT2D eigenvalue weighted by atomic mass is 10.0. The van der Waals surface area contributed by atoms with Gasteiger partial charge in [0.05, 0.1) is 19.1 Å². The highest BCUT2D eigenvalue weighted by Gasteiger charge is 2.10. The van der Waals surface area contributed by atoms with Crippen LogP contribution in [0, 0.1) is 17.2 Å². The zero-order valence-corrected chi connectivity index (χ0v) is 8.86. The van der Waals surface area contributed by atoms with Crippen molar-refractivity contribution in [2.75, 3.05) is 7.11 Å². The maximum atomic E-state index is 11.7. The number of nitriles is 1. The summed E-state index contributed by atoms with van der Waals surface area (Å²) < 4.78 is 5.02. The molecule has 1 aromatic rings. The molecule has 0 spiro atoms. The molecule has 0 N–H and O–H groups in total. The number of rotatable bonds is 4. The smallest absolute Gasteiger partial charge is 0.164 e. The van der Waals surface area contributed by atoms with Gasteiger partial charge in [0.15, 0.2) is 5.78 Å². The quantitative estimate of drug-likeness (QED) is 0.706. The molecule has 0 heterocycles. The molecule has 3 heteroatoms. The number of carbonyl (C=O) groups excluding carboxylic acids is 1. The Morgan fingerprint density at radius 3 is 2.93 bits per heavy atom. The standard InChI is InChI=1S/C12H13NO2/c1-9(8-13)6-12(14)10-4-3-5-11(7-10)15-2/h3-5,7,9H,6H2,1-2H3. The first kappa shape index (κ1) is 11.3. The summed E-state index contributed by atoms with van der Waals surface area (Å²) in [5.41, 5.74) is 0.594. The molecule has 0 aliphatic carbocycles. The molecule has 1 rings (SSSR count). The van der Waals surface area contributed by atoms with E-state index < -0.39 is 0 Å². The Bertz CT molecular complexity index is 393. The maximum Gasteiger partial charge on any atom is 0.164 e. The number of carbonyl (C=O) groups is 1. The number of hydrogen-bond acceptors (Lipinski definition) is 3. The molecule has 3 nitrogen and oxygen atoms in total. The number of ether oxygens (including phenoxy) is 1. The molecule has 15 heavy (non-hydrogen) atoms. The summed E-state index contributed by atoms with van der Waals surface area (Å²) in [6, 6.07) is 9.01. The van der Waals surface area contributed by atoms with Crippen molar-refractivity contribution in [3.05, 3.63) is 29.8 Å². The van der Waals surface area contributed by atoms with Crippen molar-refractivity contribution in [1.29, 1.82) is 5.26 Å². The molecular weight excluding hydrogens is 190 g/mol. The van der Waals surface area contributed by atoms with Crippen molar-refractivity contribution in [2.24, 2.45) is 5.92 Å². The van der Waals surface area contributed by atoms with Gasteiger partial charge in [0, 0.05) is 12.0 Å². The summed E-state index contributed by atoms with van der Waals surface area (Å²) in [7, 11) is 1.56. The first-order chi connectivity index (χ1) is 7.17. The lowest BCUT2D eigenvalue weighted by Gasteiger charge is -2.04. The van der Waals surface area contributed by atoms with Gasteiger partial charge in [-0.15, -0.1) is 0 Å². The number of hydrogen-bond donors (Lipinski definition) is 0. The number of benzene rings is 1. The molecule has 0 saturated carbocycles. The third-order valence-corrected chi connectivity index (χ3v) is 2.10. The molecule has 0 aliphatic rings. The normalized spacial score (nSPS) is 11.5. The SMILES string of the molecule is COc1cccc(C(=O)CC(C)C#N)c1.